The summed E-state index contributed by atoms with van der Waals surface area (Å²) >= 11 is 0. The van der Waals surface area contributed by atoms with Crippen LogP contribution in [0.4, 0.5) is 11.4 Å². The monoisotopic (exact) mass is 521 g/mol. The van der Waals surface area contributed by atoms with Crippen molar-refractivity contribution < 1.29 is 4.79 Å². The topological polar surface area (TPSA) is 42.1 Å². The molecule has 6 heteroatoms. The van der Waals surface area contributed by atoms with E-state index in [4.69, 9.17) is 0 Å². The third-order valence-electron chi connectivity index (χ3n) is 9.60. The lowest BCUT2D eigenvalue weighted by molar-refractivity contribution is 0.0780. The Balaban J connectivity index is 0.969. The Labute approximate surface area is 232 Å². The van der Waals surface area contributed by atoms with Gasteiger partial charge < -0.3 is 19.6 Å². The maximum Gasteiger partial charge on any atom is 0.253 e. The maximum atomic E-state index is 13.3. The van der Waals surface area contributed by atoms with E-state index < -0.39 is 0 Å². The Morgan fingerprint density at radius 1 is 0.769 bits per heavy atom. The second-order valence-electron chi connectivity index (χ2n) is 11.8. The van der Waals surface area contributed by atoms with Gasteiger partial charge >= 0.3 is 0 Å². The molecule has 0 saturated carbocycles. The molecule has 3 aromatic rings. The van der Waals surface area contributed by atoms with Gasteiger partial charge in [-0.3, -0.25) is 10.1 Å². The highest BCUT2D eigenvalue weighted by molar-refractivity contribution is 5.94. The van der Waals surface area contributed by atoms with Crippen molar-refractivity contribution in [2.45, 2.75) is 43.4 Å². The van der Waals surface area contributed by atoms with Crippen LogP contribution >= 0.6 is 0 Å². The minimum atomic E-state index is 0.0240. The molecule has 202 valence electrons. The fourth-order valence-corrected chi connectivity index (χ4v) is 7.35. The number of para-hydroxylation sites is 2. The molecular formula is C33H39N5O. The van der Waals surface area contributed by atoms with Gasteiger partial charge in [-0.1, -0.05) is 60.7 Å². The largest absolute Gasteiger partial charge is 0.338 e. The first kappa shape index (κ1) is 24.7. The summed E-state index contributed by atoms with van der Waals surface area (Å²) < 4.78 is 0. The van der Waals surface area contributed by atoms with Crippen LogP contribution in [0.1, 0.15) is 41.6 Å². The number of likely N-dealkylation sites (tertiary alicyclic amines) is 2. The maximum absolute atomic E-state index is 13.3. The summed E-state index contributed by atoms with van der Waals surface area (Å²) in [6.45, 7) is 7.20. The molecule has 6 nitrogen and oxygen atoms in total. The van der Waals surface area contributed by atoms with Crippen molar-refractivity contribution in [1.29, 1.82) is 0 Å². The molecule has 4 aliphatic rings. The highest BCUT2D eigenvalue weighted by atomic mass is 16.2. The van der Waals surface area contributed by atoms with E-state index >= 15 is 0 Å². The number of hydrogen-bond acceptors (Lipinski definition) is 5. The van der Waals surface area contributed by atoms with Crippen molar-refractivity contribution in [2.24, 2.45) is 0 Å². The molecule has 0 spiro atoms. The summed E-state index contributed by atoms with van der Waals surface area (Å²) in [6.07, 6.45) is 4.80. The smallest absolute Gasteiger partial charge is 0.253 e. The van der Waals surface area contributed by atoms with Gasteiger partial charge in [-0.25, -0.2) is 0 Å². The molecule has 1 unspecified atom stereocenters. The number of benzene rings is 3. The van der Waals surface area contributed by atoms with E-state index in [1.54, 1.807) is 0 Å². The second-order valence-corrected chi connectivity index (χ2v) is 11.8. The molecule has 39 heavy (non-hydrogen) atoms. The van der Waals surface area contributed by atoms with E-state index in [1.807, 2.05) is 30.3 Å². The van der Waals surface area contributed by atoms with Gasteiger partial charge in [0.25, 0.3) is 5.91 Å². The first-order valence-corrected chi connectivity index (χ1v) is 14.7. The molecule has 3 saturated heterocycles. The van der Waals surface area contributed by atoms with Crippen molar-refractivity contribution in [2.75, 3.05) is 55.6 Å². The number of carbonyl (C=O) groups is 1. The summed E-state index contributed by atoms with van der Waals surface area (Å²) in [7, 11) is 0. The summed E-state index contributed by atoms with van der Waals surface area (Å²) in [5.41, 5.74) is 4.95. The number of rotatable bonds is 7. The van der Waals surface area contributed by atoms with Crippen LogP contribution in [0.15, 0.2) is 84.9 Å². The van der Waals surface area contributed by atoms with Crippen LogP contribution in [0.3, 0.4) is 0 Å². The first-order chi connectivity index (χ1) is 19.2. The predicted octanol–water partition coefficient (Wildman–Crippen LogP) is 4.54. The molecule has 1 amide bonds. The van der Waals surface area contributed by atoms with Gasteiger partial charge in [0.15, 0.2) is 6.29 Å². The molecule has 0 aromatic heterocycles. The van der Waals surface area contributed by atoms with Crippen LogP contribution in [0.2, 0.25) is 0 Å². The van der Waals surface area contributed by atoms with Crippen molar-refractivity contribution in [3.63, 3.8) is 0 Å². The number of nitrogens with one attached hydrogen (secondary N) is 1. The second kappa shape index (κ2) is 10.3. The molecule has 4 aliphatic heterocycles. The van der Waals surface area contributed by atoms with E-state index in [-0.39, 0.29) is 11.3 Å². The first-order valence-electron chi connectivity index (χ1n) is 14.7. The minimum absolute atomic E-state index is 0.0240. The number of amides is 1. The Hall–Kier alpha value is -3.35. The van der Waals surface area contributed by atoms with Crippen LogP contribution in [-0.2, 0) is 5.41 Å². The van der Waals surface area contributed by atoms with Crippen LogP contribution < -0.4 is 15.1 Å². The average molecular weight is 522 g/mol. The number of anilines is 2. The number of carbonyl (C=O) groups excluding carboxylic acids is 1. The average Bonchev–Trinajstić information content (AvgIpc) is 3.70. The fraction of sp³-hybridized carbons (Fsp3) is 0.424. The number of hydrogen-bond donors (Lipinski definition) is 1. The highest BCUT2D eigenvalue weighted by Crippen LogP contribution is 2.42. The van der Waals surface area contributed by atoms with Gasteiger partial charge in [0.1, 0.15) is 0 Å². The third-order valence-corrected chi connectivity index (χ3v) is 9.60. The van der Waals surface area contributed by atoms with E-state index in [2.05, 4.69) is 79.5 Å². The van der Waals surface area contributed by atoms with Crippen LogP contribution in [0.25, 0.3) is 0 Å². The SMILES string of the molecule is O=C(c1ccccc1)N1CCC(CCN2CCC(NC3N4CCN3c3ccccc34)CC2)(c2ccccc2)C1. The standard InChI is InChI=1S/C33H39N5O/c39-31(26-9-3-1-4-10-26)36-22-18-33(25-36,27-11-5-2-6-12-27)17-21-35-19-15-28(16-20-35)34-32-37-23-24-38(32)30-14-8-7-13-29(30)37/h1-14,28,32,34H,15-25H2. The number of nitrogens with zero attached hydrogens (tertiary/aromatic N) is 4. The molecule has 0 aliphatic carbocycles. The molecule has 1 atom stereocenters. The zero-order valence-corrected chi connectivity index (χ0v) is 22.7. The van der Waals surface area contributed by atoms with Crippen molar-refractivity contribution >= 4 is 17.3 Å². The van der Waals surface area contributed by atoms with Gasteiger partial charge in [0.2, 0.25) is 0 Å². The van der Waals surface area contributed by atoms with Gasteiger partial charge in [-0.2, -0.15) is 0 Å². The fourth-order valence-electron chi connectivity index (χ4n) is 7.35. The number of fused-ring (bicyclic) bond motifs is 5. The molecule has 4 heterocycles. The zero-order chi connectivity index (χ0) is 26.2. The highest BCUT2D eigenvalue weighted by Gasteiger charge is 2.43. The van der Waals surface area contributed by atoms with E-state index in [0.717, 1.165) is 64.2 Å². The third kappa shape index (κ3) is 4.60. The molecule has 3 aromatic carbocycles. The lowest BCUT2D eigenvalue weighted by atomic mass is 9.76. The molecule has 7 rings (SSSR count). The normalized spacial score (nSPS) is 23.5. The Morgan fingerprint density at radius 2 is 1.38 bits per heavy atom. The van der Waals surface area contributed by atoms with E-state index in [9.17, 15) is 4.79 Å². The molecular weight excluding hydrogens is 482 g/mol. The predicted molar refractivity (Wildman–Crippen MR) is 157 cm³/mol. The van der Waals surface area contributed by atoms with Crippen LogP contribution in [-0.4, -0.2) is 73.9 Å². The summed E-state index contributed by atoms with van der Waals surface area (Å²) in [5.74, 6) is 0.162. The molecule has 3 fully saturated rings. The van der Waals surface area contributed by atoms with Gasteiger partial charge in [-0.05, 0) is 75.1 Å². The lowest BCUT2D eigenvalue weighted by Crippen LogP contribution is -2.53. The Bertz CT molecular complexity index is 1260. The minimum Gasteiger partial charge on any atom is -0.338 e. The van der Waals surface area contributed by atoms with Gasteiger partial charge in [-0.15, -0.1) is 0 Å². The molecule has 1 N–H and O–H groups in total. The van der Waals surface area contributed by atoms with Gasteiger partial charge in [0.05, 0.1) is 11.4 Å². The van der Waals surface area contributed by atoms with Crippen molar-refractivity contribution in [3.8, 4) is 0 Å². The van der Waals surface area contributed by atoms with Crippen LogP contribution in [0.5, 0.6) is 0 Å². The Morgan fingerprint density at radius 3 is 2.05 bits per heavy atom. The van der Waals surface area contributed by atoms with E-state index in [1.165, 1.54) is 29.8 Å². The molecule has 0 radical (unpaired) electrons. The Kier molecular flexibility index (Phi) is 6.53. The quantitative estimate of drug-likeness (QED) is 0.495. The summed E-state index contributed by atoms with van der Waals surface area (Å²) in [6, 6.07) is 30.1. The van der Waals surface area contributed by atoms with Crippen molar-refractivity contribution in [1.82, 2.24) is 15.1 Å². The number of piperidine rings is 1. The van der Waals surface area contributed by atoms with Crippen molar-refractivity contribution in [3.05, 3.63) is 96.1 Å². The van der Waals surface area contributed by atoms with E-state index in [0.29, 0.717) is 12.3 Å². The summed E-state index contributed by atoms with van der Waals surface area (Å²) in [4.78, 5) is 23.1. The van der Waals surface area contributed by atoms with Crippen LogP contribution in [0, 0.1) is 0 Å². The lowest BCUT2D eigenvalue weighted by Gasteiger charge is -2.38. The molecule has 2 bridgehead atoms. The zero-order valence-electron chi connectivity index (χ0n) is 22.7. The summed E-state index contributed by atoms with van der Waals surface area (Å²) in [5, 5.41) is 3.99. The van der Waals surface area contributed by atoms with Gasteiger partial charge in [0, 0.05) is 43.2 Å².